The second kappa shape index (κ2) is 7.39. The molecule has 1 heterocycles. The van der Waals surface area contributed by atoms with Crippen LogP contribution >= 0.6 is 0 Å². The summed E-state index contributed by atoms with van der Waals surface area (Å²) >= 11 is 0. The van der Waals surface area contributed by atoms with Crippen LogP contribution in [-0.4, -0.2) is 39.1 Å². The summed E-state index contributed by atoms with van der Waals surface area (Å²) < 4.78 is 30.6. The maximum Gasteiger partial charge on any atom is 0.338 e. The molecule has 3 rings (SSSR count). The van der Waals surface area contributed by atoms with Crippen LogP contribution in [0.3, 0.4) is 0 Å². The Balaban J connectivity index is 1.74. The Morgan fingerprint density at radius 3 is 2.57 bits per heavy atom. The Kier molecular flexibility index (Phi) is 5.30. The fraction of sp³-hybridized carbons (Fsp3) is 0.333. The number of carbonyl (C=O) groups excluding carboxylic acids is 2. The predicted molar refractivity (Wildman–Crippen MR) is 107 cm³/mol. The van der Waals surface area contributed by atoms with Gasteiger partial charge < -0.3 is 4.74 Å². The Morgan fingerprint density at radius 2 is 1.89 bits per heavy atom. The summed E-state index contributed by atoms with van der Waals surface area (Å²) in [6.07, 6.45) is 1.70. The van der Waals surface area contributed by atoms with Gasteiger partial charge >= 0.3 is 5.97 Å². The number of anilines is 1. The number of rotatable bonds is 5. The minimum absolute atomic E-state index is 0.197. The summed E-state index contributed by atoms with van der Waals surface area (Å²) in [5.41, 5.74) is 4.04. The van der Waals surface area contributed by atoms with E-state index in [2.05, 4.69) is 0 Å². The molecular formula is C21H23NO5S. The van der Waals surface area contributed by atoms with Crippen molar-refractivity contribution in [1.82, 2.24) is 0 Å². The number of Topliss-reactive ketones (excluding diaryl/α,β-unsaturated/α-hetero) is 1. The third-order valence-corrected chi connectivity index (χ3v) is 6.34. The molecule has 1 atom stereocenters. The summed E-state index contributed by atoms with van der Waals surface area (Å²) in [4.78, 5) is 24.8. The molecule has 1 aliphatic heterocycles. The van der Waals surface area contributed by atoms with Crippen molar-refractivity contribution in [1.29, 1.82) is 0 Å². The Labute approximate surface area is 165 Å². The lowest BCUT2D eigenvalue weighted by Crippen LogP contribution is -2.34. The van der Waals surface area contributed by atoms with Crippen LogP contribution in [0.25, 0.3) is 0 Å². The molecule has 7 heteroatoms. The molecule has 0 N–H and O–H groups in total. The van der Waals surface area contributed by atoms with E-state index in [9.17, 15) is 18.0 Å². The number of esters is 1. The van der Waals surface area contributed by atoms with Crippen LogP contribution in [-0.2, 0) is 21.2 Å². The summed E-state index contributed by atoms with van der Waals surface area (Å²) in [5, 5.41) is 0. The highest BCUT2D eigenvalue weighted by atomic mass is 32.2. The minimum atomic E-state index is -3.38. The minimum Gasteiger partial charge on any atom is -0.454 e. The van der Waals surface area contributed by atoms with E-state index in [0.29, 0.717) is 23.2 Å². The Hall–Kier alpha value is -2.67. The average Bonchev–Trinajstić information content (AvgIpc) is 2.96. The van der Waals surface area contributed by atoms with Gasteiger partial charge in [0.25, 0.3) is 0 Å². The van der Waals surface area contributed by atoms with E-state index in [1.165, 1.54) is 10.6 Å². The number of nitrogens with zero attached hydrogens (tertiary/aromatic N) is 1. The van der Waals surface area contributed by atoms with Gasteiger partial charge in [-0.05, 0) is 68.1 Å². The molecule has 0 aliphatic carbocycles. The van der Waals surface area contributed by atoms with Crippen LogP contribution in [0.15, 0.2) is 36.4 Å². The molecule has 0 radical (unpaired) electrons. The smallest absolute Gasteiger partial charge is 0.338 e. The van der Waals surface area contributed by atoms with E-state index < -0.39 is 16.0 Å². The van der Waals surface area contributed by atoms with Crippen LogP contribution in [0.1, 0.15) is 44.3 Å². The lowest BCUT2D eigenvalue weighted by atomic mass is 10.0. The topological polar surface area (TPSA) is 80.8 Å². The first-order chi connectivity index (χ1) is 13.1. The zero-order valence-electron chi connectivity index (χ0n) is 16.4. The average molecular weight is 401 g/mol. The van der Waals surface area contributed by atoms with E-state index in [1.54, 1.807) is 30.3 Å². The molecule has 148 valence electrons. The zero-order valence-corrected chi connectivity index (χ0v) is 17.2. The summed E-state index contributed by atoms with van der Waals surface area (Å²) in [6.45, 7) is 5.20. The molecule has 0 aromatic heterocycles. The first kappa shape index (κ1) is 20.1. The lowest BCUT2D eigenvalue weighted by Gasteiger charge is -2.21. The van der Waals surface area contributed by atoms with Crippen molar-refractivity contribution in [2.75, 3.05) is 17.2 Å². The van der Waals surface area contributed by atoms with Crippen molar-refractivity contribution < 1.29 is 22.7 Å². The van der Waals surface area contributed by atoms with Crippen molar-refractivity contribution in [2.45, 2.75) is 33.2 Å². The molecule has 6 nitrogen and oxygen atoms in total. The number of carbonyl (C=O) groups is 2. The molecule has 0 saturated carbocycles. The molecule has 2 aromatic rings. The largest absolute Gasteiger partial charge is 0.454 e. The molecule has 2 aromatic carbocycles. The van der Waals surface area contributed by atoms with E-state index in [0.717, 1.165) is 16.7 Å². The van der Waals surface area contributed by atoms with Crippen molar-refractivity contribution in [3.63, 3.8) is 0 Å². The number of fused-ring (bicyclic) bond motifs is 1. The van der Waals surface area contributed by atoms with Gasteiger partial charge in [-0.25, -0.2) is 13.2 Å². The highest BCUT2D eigenvalue weighted by Crippen LogP contribution is 2.34. The van der Waals surface area contributed by atoms with Gasteiger partial charge in [-0.1, -0.05) is 12.1 Å². The van der Waals surface area contributed by atoms with Gasteiger partial charge in [0.05, 0.1) is 17.5 Å². The predicted octanol–water partition coefficient (Wildman–Crippen LogP) is 3.05. The molecule has 0 unspecified atom stereocenters. The number of ether oxygens (including phenoxy) is 1. The fourth-order valence-electron chi connectivity index (χ4n) is 3.55. The van der Waals surface area contributed by atoms with Crippen LogP contribution in [0.5, 0.6) is 0 Å². The molecule has 0 fully saturated rings. The van der Waals surface area contributed by atoms with Crippen LogP contribution in [0.4, 0.5) is 5.69 Å². The standard InChI is InChI=1S/C21H23NO5S/c1-13-6-5-7-18(15(13)3)21(24)27-12-20(23)16-8-9-19-17(11-16)10-14(2)22(19)28(4,25)26/h5-9,11,14H,10,12H2,1-4H3/t14-/m1/s1. The Morgan fingerprint density at radius 1 is 1.18 bits per heavy atom. The maximum atomic E-state index is 12.5. The Bertz CT molecular complexity index is 1060. The van der Waals surface area contributed by atoms with Crippen LogP contribution in [0, 0.1) is 13.8 Å². The number of ketones is 1. The summed E-state index contributed by atoms with van der Waals surface area (Å²) in [6, 6.07) is 10.1. The number of sulfonamides is 1. The molecule has 0 spiro atoms. The summed E-state index contributed by atoms with van der Waals surface area (Å²) in [5.74, 6) is -0.862. The van der Waals surface area contributed by atoms with Crippen molar-refractivity contribution in [3.8, 4) is 0 Å². The first-order valence-corrected chi connectivity index (χ1v) is 10.8. The fourth-order valence-corrected chi connectivity index (χ4v) is 4.81. The molecular weight excluding hydrogens is 378 g/mol. The maximum absolute atomic E-state index is 12.5. The van der Waals surface area contributed by atoms with Gasteiger partial charge in [0.15, 0.2) is 12.4 Å². The normalized spacial score (nSPS) is 16.0. The van der Waals surface area contributed by atoms with Gasteiger partial charge in [0, 0.05) is 11.6 Å². The number of aryl methyl sites for hydroxylation is 1. The molecule has 0 saturated heterocycles. The van der Waals surface area contributed by atoms with E-state index in [-0.39, 0.29) is 18.4 Å². The van der Waals surface area contributed by atoms with Gasteiger partial charge in [-0.3, -0.25) is 9.10 Å². The van der Waals surface area contributed by atoms with Crippen LogP contribution < -0.4 is 4.31 Å². The lowest BCUT2D eigenvalue weighted by molar-refractivity contribution is 0.0474. The molecule has 0 amide bonds. The van der Waals surface area contributed by atoms with E-state index in [1.807, 2.05) is 26.8 Å². The quantitative estimate of drug-likeness (QED) is 0.568. The molecule has 1 aliphatic rings. The second-order valence-electron chi connectivity index (χ2n) is 7.20. The van der Waals surface area contributed by atoms with Gasteiger partial charge in [0.1, 0.15) is 0 Å². The third kappa shape index (κ3) is 3.80. The monoisotopic (exact) mass is 401 g/mol. The molecule has 28 heavy (non-hydrogen) atoms. The number of hydrogen-bond donors (Lipinski definition) is 0. The van der Waals surface area contributed by atoms with E-state index in [4.69, 9.17) is 4.74 Å². The number of hydrogen-bond acceptors (Lipinski definition) is 5. The van der Waals surface area contributed by atoms with Gasteiger partial charge in [-0.15, -0.1) is 0 Å². The van der Waals surface area contributed by atoms with Crippen molar-refractivity contribution in [3.05, 3.63) is 64.2 Å². The van der Waals surface area contributed by atoms with Crippen molar-refractivity contribution >= 4 is 27.5 Å². The number of benzene rings is 2. The highest BCUT2D eigenvalue weighted by Gasteiger charge is 2.32. The highest BCUT2D eigenvalue weighted by molar-refractivity contribution is 7.92. The van der Waals surface area contributed by atoms with Gasteiger partial charge in [-0.2, -0.15) is 0 Å². The molecule has 0 bridgehead atoms. The van der Waals surface area contributed by atoms with Crippen molar-refractivity contribution in [2.24, 2.45) is 0 Å². The van der Waals surface area contributed by atoms with Gasteiger partial charge in [0.2, 0.25) is 10.0 Å². The SMILES string of the molecule is Cc1cccc(C(=O)OCC(=O)c2ccc3c(c2)C[C@@H](C)N3S(C)(=O)=O)c1C. The van der Waals surface area contributed by atoms with Crippen LogP contribution in [0.2, 0.25) is 0 Å². The summed E-state index contributed by atoms with van der Waals surface area (Å²) in [7, 11) is -3.38. The third-order valence-electron chi connectivity index (χ3n) is 5.07. The first-order valence-electron chi connectivity index (χ1n) is 8.98. The zero-order chi connectivity index (χ0) is 20.6. The van der Waals surface area contributed by atoms with E-state index >= 15 is 0 Å². The second-order valence-corrected chi connectivity index (χ2v) is 9.06.